The Kier molecular flexibility index (Phi) is 6.76. The Hall–Kier alpha value is -3.09. The van der Waals surface area contributed by atoms with Gasteiger partial charge in [-0.1, -0.05) is 30.3 Å². The van der Waals surface area contributed by atoms with E-state index < -0.39 is 17.8 Å². The molecular weight excluding hydrogens is 324 g/mol. The number of amides is 2. The molecule has 0 aliphatic heterocycles. The zero-order chi connectivity index (χ0) is 18.1. The molecule has 0 aliphatic carbocycles. The Bertz CT molecular complexity index is 698. The van der Waals surface area contributed by atoms with Crippen LogP contribution in [0.15, 0.2) is 53.1 Å². The highest BCUT2D eigenvalue weighted by Crippen LogP contribution is 2.08. The van der Waals surface area contributed by atoms with Gasteiger partial charge in [-0.3, -0.25) is 14.4 Å². The number of furan rings is 1. The predicted octanol–water partition coefficient (Wildman–Crippen LogP) is 1.46. The molecule has 1 atom stereocenters. The van der Waals surface area contributed by atoms with Gasteiger partial charge in [-0.15, -0.1) is 0 Å². The SMILES string of the molecule is O=C(CCNC(=O)c1ccco1)NCC(Cc1ccccc1)C(=O)O. The Labute approximate surface area is 145 Å². The van der Waals surface area contributed by atoms with Crippen molar-refractivity contribution in [3.05, 3.63) is 60.1 Å². The maximum atomic E-state index is 11.8. The van der Waals surface area contributed by atoms with Crippen molar-refractivity contribution in [3.8, 4) is 0 Å². The molecule has 2 aromatic rings. The van der Waals surface area contributed by atoms with Crippen molar-refractivity contribution in [1.82, 2.24) is 10.6 Å². The van der Waals surface area contributed by atoms with E-state index in [1.807, 2.05) is 30.3 Å². The molecule has 2 rings (SSSR count). The number of hydrogen-bond donors (Lipinski definition) is 3. The van der Waals surface area contributed by atoms with Gasteiger partial charge >= 0.3 is 5.97 Å². The summed E-state index contributed by atoms with van der Waals surface area (Å²) in [5.74, 6) is -2.21. The van der Waals surface area contributed by atoms with Crippen molar-refractivity contribution in [2.24, 2.45) is 5.92 Å². The number of rotatable bonds is 9. The van der Waals surface area contributed by atoms with Gasteiger partial charge in [-0.05, 0) is 24.1 Å². The van der Waals surface area contributed by atoms with Crippen LogP contribution in [0.5, 0.6) is 0 Å². The van der Waals surface area contributed by atoms with Crippen LogP contribution in [0.1, 0.15) is 22.5 Å². The first-order valence-electron chi connectivity index (χ1n) is 7.91. The van der Waals surface area contributed by atoms with Crippen LogP contribution in [0.3, 0.4) is 0 Å². The summed E-state index contributed by atoms with van der Waals surface area (Å²) >= 11 is 0. The van der Waals surface area contributed by atoms with Crippen molar-refractivity contribution in [2.75, 3.05) is 13.1 Å². The summed E-state index contributed by atoms with van der Waals surface area (Å²) in [6.07, 6.45) is 1.79. The van der Waals surface area contributed by atoms with Crippen LogP contribution in [0.4, 0.5) is 0 Å². The fraction of sp³-hybridized carbons (Fsp3) is 0.278. The number of carbonyl (C=O) groups is 3. The Morgan fingerprint density at radius 1 is 1.04 bits per heavy atom. The third-order valence-electron chi connectivity index (χ3n) is 3.60. The van der Waals surface area contributed by atoms with Gasteiger partial charge in [0.2, 0.25) is 5.91 Å². The molecule has 0 spiro atoms. The molecule has 7 heteroatoms. The number of aliphatic carboxylic acids is 1. The van der Waals surface area contributed by atoms with Crippen LogP contribution >= 0.6 is 0 Å². The lowest BCUT2D eigenvalue weighted by Gasteiger charge is -2.13. The fourth-order valence-corrected chi connectivity index (χ4v) is 2.26. The summed E-state index contributed by atoms with van der Waals surface area (Å²) in [5.41, 5.74) is 0.898. The standard InChI is InChI=1S/C18H20N2O5/c21-16(8-9-19-17(22)15-7-4-10-25-15)20-12-14(18(23)24)11-13-5-2-1-3-6-13/h1-7,10,14H,8-9,11-12H2,(H,19,22)(H,20,21)(H,23,24). The van der Waals surface area contributed by atoms with Crippen LogP contribution in [-0.2, 0) is 16.0 Å². The second kappa shape index (κ2) is 9.27. The number of carbonyl (C=O) groups excluding carboxylic acids is 2. The highest BCUT2D eigenvalue weighted by Gasteiger charge is 2.19. The Balaban J connectivity index is 1.71. The number of carboxylic acids is 1. The molecule has 0 radical (unpaired) electrons. The van der Waals surface area contributed by atoms with Gasteiger partial charge in [0.25, 0.3) is 5.91 Å². The monoisotopic (exact) mass is 344 g/mol. The van der Waals surface area contributed by atoms with Crippen LogP contribution in [-0.4, -0.2) is 36.0 Å². The van der Waals surface area contributed by atoms with E-state index in [0.29, 0.717) is 6.42 Å². The summed E-state index contributed by atoms with van der Waals surface area (Å²) in [6.45, 7) is 0.178. The van der Waals surface area contributed by atoms with Gasteiger partial charge in [-0.25, -0.2) is 0 Å². The lowest BCUT2D eigenvalue weighted by Crippen LogP contribution is -2.36. The maximum Gasteiger partial charge on any atom is 0.308 e. The molecule has 3 N–H and O–H groups in total. The number of nitrogens with one attached hydrogen (secondary N) is 2. The maximum absolute atomic E-state index is 11.8. The molecule has 7 nitrogen and oxygen atoms in total. The van der Waals surface area contributed by atoms with Gasteiger partial charge < -0.3 is 20.2 Å². The van der Waals surface area contributed by atoms with E-state index >= 15 is 0 Å². The first-order valence-corrected chi connectivity index (χ1v) is 7.91. The molecule has 132 valence electrons. The molecule has 0 aliphatic rings. The Morgan fingerprint density at radius 3 is 2.44 bits per heavy atom. The highest BCUT2D eigenvalue weighted by molar-refractivity contribution is 5.91. The minimum Gasteiger partial charge on any atom is -0.481 e. The van der Waals surface area contributed by atoms with E-state index in [4.69, 9.17) is 4.42 Å². The second-order valence-corrected chi connectivity index (χ2v) is 5.51. The van der Waals surface area contributed by atoms with Crippen LogP contribution in [0.25, 0.3) is 0 Å². The smallest absolute Gasteiger partial charge is 0.308 e. The lowest BCUT2D eigenvalue weighted by atomic mass is 9.99. The summed E-state index contributed by atoms with van der Waals surface area (Å²) in [7, 11) is 0. The van der Waals surface area contributed by atoms with Gasteiger partial charge in [0.15, 0.2) is 5.76 Å². The van der Waals surface area contributed by atoms with E-state index in [2.05, 4.69) is 10.6 Å². The third-order valence-corrected chi connectivity index (χ3v) is 3.60. The zero-order valence-corrected chi connectivity index (χ0v) is 13.6. The molecule has 1 aromatic heterocycles. The summed E-state index contributed by atoms with van der Waals surface area (Å²) < 4.78 is 4.94. The summed E-state index contributed by atoms with van der Waals surface area (Å²) in [6, 6.07) is 12.4. The topological polar surface area (TPSA) is 109 Å². The molecule has 0 fully saturated rings. The number of carboxylic acid groups (broad SMARTS) is 1. The lowest BCUT2D eigenvalue weighted by molar-refractivity contribution is -0.141. The average Bonchev–Trinajstić information content (AvgIpc) is 3.14. The molecule has 0 saturated carbocycles. The van der Waals surface area contributed by atoms with Gasteiger partial charge in [0.05, 0.1) is 12.2 Å². The highest BCUT2D eigenvalue weighted by atomic mass is 16.4. The zero-order valence-electron chi connectivity index (χ0n) is 13.6. The molecule has 1 heterocycles. The minimum atomic E-state index is -0.963. The largest absolute Gasteiger partial charge is 0.481 e. The second-order valence-electron chi connectivity index (χ2n) is 5.51. The van der Waals surface area contributed by atoms with Crippen LogP contribution in [0.2, 0.25) is 0 Å². The van der Waals surface area contributed by atoms with E-state index in [-0.39, 0.29) is 31.2 Å². The quantitative estimate of drug-likeness (QED) is 0.638. The van der Waals surface area contributed by atoms with Crippen LogP contribution in [0, 0.1) is 5.92 Å². The molecule has 25 heavy (non-hydrogen) atoms. The van der Waals surface area contributed by atoms with Gasteiger partial charge in [0, 0.05) is 19.5 Å². The molecule has 2 amide bonds. The number of benzene rings is 1. The summed E-state index contributed by atoms with van der Waals surface area (Å²) in [5, 5.41) is 14.4. The van der Waals surface area contributed by atoms with E-state index in [0.717, 1.165) is 5.56 Å². The van der Waals surface area contributed by atoms with Crippen molar-refractivity contribution >= 4 is 17.8 Å². The normalized spacial score (nSPS) is 11.5. The van der Waals surface area contributed by atoms with E-state index in [9.17, 15) is 19.5 Å². The fourth-order valence-electron chi connectivity index (χ4n) is 2.26. The first kappa shape index (κ1) is 18.3. The van der Waals surface area contributed by atoms with Gasteiger partial charge in [0.1, 0.15) is 0 Å². The molecule has 1 unspecified atom stereocenters. The minimum absolute atomic E-state index is 0.0369. The molecule has 0 saturated heterocycles. The van der Waals surface area contributed by atoms with E-state index in [1.165, 1.54) is 12.3 Å². The van der Waals surface area contributed by atoms with Crippen molar-refractivity contribution in [2.45, 2.75) is 12.8 Å². The van der Waals surface area contributed by atoms with Crippen LogP contribution < -0.4 is 10.6 Å². The average molecular weight is 344 g/mol. The predicted molar refractivity (Wildman–Crippen MR) is 89.9 cm³/mol. The van der Waals surface area contributed by atoms with Crippen molar-refractivity contribution in [1.29, 1.82) is 0 Å². The van der Waals surface area contributed by atoms with E-state index in [1.54, 1.807) is 6.07 Å². The molecule has 0 bridgehead atoms. The van der Waals surface area contributed by atoms with Gasteiger partial charge in [-0.2, -0.15) is 0 Å². The first-order chi connectivity index (χ1) is 12.1. The van der Waals surface area contributed by atoms with Crippen molar-refractivity contribution in [3.63, 3.8) is 0 Å². The third kappa shape index (κ3) is 6.14. The van der Waals surface area contributed by atoms with Crippen molar-refractivity contribution < 1.29 is 23.9 Å². The molecule has 1 aromatic carbocycles. The number of hydrogen-bond acceptors (Lipinski definition) is 4. The summed E-state index contributed by atoms with van der Waals surface area (Å²) in [4.78, 5) is 34.8. The Morgan fingerprint density at radius 2 is 1.80 bits per heavy atom. The molecular formula is C18H20N2O5.